The zero-order valence-corrected chi connectivity index (χ0v) is 8.09. The maximum atomic E-state index is 5.50. The highest BCUT2D eigenvalue weighted by molar-refractivity contribution is 5.00. The first kappa shape index (κ1) is 8.21. The second-order valence-corrected chi connectivity index (χ2v) is 4.71. The van der Waals surface area contributed by atoms with Gasteiger partial charge in [-0.1, -0.05) is 0 Å². The lowest BCUT2D eigenvalue weighted by Gasteiger charge is -2.40. The van der Waals surface area contributed by atoms with E-state index in [1.807, 2.05) is 0 Å². The molecule has 0 aromatic carbocycles. The van der Waals surface area contributed by atoms with E-state index in [1.54, 1.807) is 0 Å². The standard InChI is InChI=1S/C10H18N2O/c1-2-9(1)12-5-4-11-10(7-12)3-6-13-8-10/h9,11H,1-8H2. The Bertz CT molecular complexity index is 197. The quantitative estimate of drug-likeness (QED) is 0.627. The third-order valence-electron chi connectivity index (χ3n) is 3.57. The van der Waals surface area contributed by atoms with Gasteiger partial charge in [0.15, 0.2) is 0 Å². The van der Waals surface area contributed by atoms with Gasteiger partial charge in [-0.3, -0.25) is 4.90 Å². The van der Waals surface area contributed by atoms with Crippen LogP contribution >= 0.6 is 0 Å². The molecule has 0 radical (unpaired) electrons. The Morgan fingerprint density at radius 3 is 3.00 bits per heavy atom. The van der Waals surface area contributed by atoms with E-state index in [1.165, 1.54) is 32.4 Å². The summed E-state index contributed by atoms with van der Waals surface area (Å²) in [5, 5.41) is 3.64. The number of nitrogens with zero attached hydrogens (tertiary/aromatic N) is 1. The van der Waals surface area contributed by atoms with Crippen LogP contribution in [0.25, 0.3) is 0 Å². The average Bonchev–Trinajstić information content (AvgIpc) is 2.91. The Morgan fingerprint density at radius 2 is 2.31 bits per heavy atom. The molecule has 1 saturated carbocycles. The zero-order valence-electron chi connectivity index (χ0n) is 8.09. The molecule has 3 heteroatoms. The Hall–Kier alpha value is -0.120. The van der Waals surface area contributed by atoms with E-state index in [2.05, 4.69) is 10.2 Å². The first-order chi connectivity index (χ1) is 6.38. The summed E-state index contributed by atoms with van der Waals surface area (Å²) >= 11 is 0. The number of hydrogen-bond donors (Lipinski definition) is 1. The molecule has 1 atom stereocenters. The average molecular weight is 182 g/mol. The van der Waals surface area contributed by atoms with Crippen LogP contribution < -0.4 is 5.32 Å². The second kappa shape index (κ2) is 2.94. The number of hydrogen-bond acceptors (Lipinski definition) is 3. The molecule has 2 heterocycles. The van der Waals surface area contributed by atoms with E-state index >= 15 is 0 Å². The molecule has 0 aromatic heterocycles. The normalized spacial score (nSPS) is 41.5. The fourth-order valence-electron chi connectivity index (χ4n) is 2.61. The highest BCUT2D eigenvalue weighted by Gasteiger charge is 2.42. The van der Waals surface area contributed by atoms with Gasteiger partial charge in [-0.05, 0) is 19.3 Å². The van der Waals surface area contributed by atoms with Gasteiger partial charge in [0.25, 0.3) is 0 Å². The zero-order chi connectivity index (χ0) is 8.73. The van der Waals surface area contributed by atoms with Crippen molar-refractivity contribution in [1.29, 1.82) is 0 Å². The maximum Gasteiger partial charge on any atom is 0.0661 e. The van der Waals surface area contributed by atoms with Crippen molar-refractivity contribution in [3.63, 3.8) is 0 Å². The van der Waals surface area contributed by atoms with E-state index in [0.717, 1.165) is 25.8 Å². The van der Waals surface area contributed by atoms with Crippen molar-refractivity contribution in [3.05, 3.63) is 0 Å². The fourth-order valence-corrected chi connectivity index (χ4v) is 2.61. The molecule has 3 nitrogen and oxygen atoms in total. The van der Waals surface area contributed by atoms with Crippen molar-refractivity contribution < 1.29 is 4.74 Å². The van der Waals surface area contributed by atoms with Gasteiger partial charge in [-0.15, -0.1) is 0 Å². The molecule has 3 fully saturated rings. The summed E-state index contributed by atoms with van der Waals surface area (Å²) in [4.78, 5) is 2.66. The highest BCUT2D eigenvalue weighted by atomic mass is 16.5. The first-order valence-corrected chi connectivity index (χ1v) is 5.45. The second-order valence-electron chi connectivity index (χ2n) is 4.71. The number of rotatable bonds is 1. The van der Waals surface area contributed by atoms with Crippen LogP contribution in [0.4, 0.5) is 0 Å². The van der Waals surface area contributed by atoms with Crippen LogP contribution in [-0.2, 0) is 4.74 Å². The summed E-state index contributed by atoms with van der Waals surface area (Å²) in [6.07, 6.45) is 4.06. The molecule has 3 aliphatic rings. The van der Waals surface area contributed by atoms with E-state index in [0.29, 0.717) is 5.54 Å². The van der Waals surface area contributed by atoms with Gasteiger partial charge in [0, 0.05) is 32.3 Å². The highest BCUT2D eigenvalue weighted by Crippen LogP contribution is 2.31. The van der Waals surface area contributed by atoms with Crippen molar-refractivity contribution in [1.82, 2.24) is 10.2 Å². The molecule has 74 valence electrons. The van der Waals surface area contributed by atoms with Crippen molar-refractivity contribution in [3.8, 4) is 0 Å². The van der Waals surface area contributed by atoms with Crippen LogP contribution in [0.5, 0.6) is 0 Å². The molecule has 0 aromatic rings. The van der Waals surface area contributed by atoms with Crippen LogP contribution in [-0.4, -0.2) is 49.3 Å². The summed E-state index contributed by atoms with van der Waals surface area (Å²) in [5.41, 5.74) is 0.320. The van der Waals surface area contributed by atoms with E-state index in [9.17, 15) is 0 Å². The predicted molar refractivity (Wildman–Crippen MR) is 50.8 cm³/mol. The Balaban J connectivity index is 1.68. The first-order valence-electron chi connectivity index (χ1n) is 5.45. The van der Waals surface area contributed by atoms with Gasteiger partial charge in [-0.25, -0.2) is 0 Å². The van der Waals surface area contributed by atoms with Gasteiger partial charge in [0.2, 0.25) is 0 Å². The summed E-state index contributed by atoms with van der Waals surface area (Å²) < 4.78 is 5.50. The lowest BCUT2D eigenvalue weighted by Crippen LogP contribution is -2.61. The lowest BCUT2D eigenvalue weighted by molar-refractivity contribution is 0.100. The molecule has 3 rings (SSSR count). The van der Waals surface area contributed by atoms with Crippen LogP contribution in [0, 0.1) is 0 Å². The summed E-state index contributed by atoms with van der Waals surface area (Å²) in [6, 6.07) is 0.916. The predicted octanol–water partition coefficient (Wildman–Crippen LogP) is 0.213. The third kappa shape index (κ3) is 1.49. The summed E-state index contributed by atoms with van der Waals surface area (Å²) in [7, 11) is 0. The minimum absolute atomic E-state index is 0.320. The minimum atomic E-state index is 0.320. The Labute approximate surface area is 79.4 Å². The van der Waals surface area contributed by atoms with Crippen LogP contribution in [0.1, 0.15) is 19.3 Å². The number of piperazine rings is 1. The molecular weight excluding hydrogens is 164 g/mol. The largest absolute Gasteiger partial charge is 0.379 e. The van der Waals surface area contributed by atoms with Gasteiger partial charge in [0.05, 0.1) is 12.1 Å². The minimum Gasteiger partial charge on any atom is -0.379 e. The number of nitrogens with one attached hydrogen (secondary N) is 1. The SMILES string of the molecule is C1CN(C2CC2)CC2(CCOC2)N1. The van der Waals surface area contributed by atoms with E-state index in [4.69, 9.17) is 4.74 Å². The lowest BCUT2D eigenvalue weighted by atomic mass is 9.95. The molecule has 0 bridgehead atoms. The summed E-state index contributed by atoms with van der Waals surface area (Å²) in [6.45, 7) is 5.49. The smallest absolute Gasteiger partial charge is 0.0661 e. The molecular formula is C10H18N2O. The molecule has 1 N–H and O–H groups in total. The van der Waals surface area contributed by atoms with Crippen molar-refractivity contribution >= 4 is 0 Å². The Kier molecular flexibility index (Phi) is 1.86. The van der Waals surface area contributed by atoms with E-state index < -0.39 is 0 Å². The van der Waals surface area contributed by atoms with Crippen molar-refractivity contribution in [2.45, 2.75) is 30.8 Å². The van der Waals surface area contributed by atoms with Crippen LogP contribution in [0.15, 0.2) is 0 Å². The molecule has 0 amide bonds. The molecule has 2 saturated heterocycles. The maximum absolute atomic E-state index is 5.50. The molecule has 1 spiro atoms. The van der Waals surface area contributed by atoms with Gasteiger partial charge in [0.1, 0.15) is 0 Å². The summed E-state index contributed by atoms with van der Waals surface area (Å²) in [5.74, 6) is 0. The monoisotopic (exact) mass is 182 g/mol. The van der Waals surface area contributed by atoms with Crippen LogP contribution in [0.3, 0.4) is 0 Å². The molecule has 1 aliphatic carbocycles. The van der Waals surface area contributed by atoms with E-state index in [-0.39, 0.29) is 0 Å². The van der Waals surface area contributed by atoms with Crippen molar-refractivity contribution in [2.75, 3.05) is 32.8 Å². The fraction of sp³-hybridized carbons (Fsp3) is 1.00. The van der Waals surface area contributed by atoms with Gasteiger partial charge >= 0.3 is 0 Å². The molecule has 13 heavy (non-hydrogen) atoms. The topological polar surface area (TPSA) is 24.5 Å². The molecule has 2 aliphatic heterocycles. The molecule has 1 unspecified atom stereocenters. The van der Waals surface area contributed by atoms with Crippen LogP contribution in [0.2, 0.25) is 0 Å². The Morgan fingerprint density at radius 1 is 1.38 bits per heavy atom. The van der Waals surface area contributed by atoms with Crippen molar-refractivity contribution in [2.24, 2.45) is 0 Å². The van der Waals surface area contributed by atoms with Gasteiger partial charge in [-0.2, -0.15) is 0 Å². The van der Waals surface area contributed by atoms with Gasteiger partial charge < -0.3 is 10.1 Å². The third-order valence-corrected chi connectivity index (χ3v) is 3.57. The number of ether oxygens (including phenoxy) is 1.